The molecule has 1 saturated carbocycles. The molecule has 4 heteroatoms. The Morgan fingerprint density at radius 3 is 2.88 bits per heavy atom. The highest BCUT2D eigenvalue weighted by Gasteiger charge is 2.20. The Bertz CT molecular complexity index is 353. The van der Waals surface area contributed by atoms with E-state index >= 15 is 0 Å². The second kappa shape index (κ2) is 5.53. The molecule has 0 heterocycles. The van der Waals surface area contributed by atoms with E-state index < -0.39 is 0 Å². The summed E-state index contributed by atoms with van der Waals surface area (Å²) in [7, 11) is 1.59. The maximum atomic E-state index is 5.96. The van der Waals surface area contributed by atoms with Crippen LogP contribution in [0.5, 0.6) is 5.75 Å². The summed E-state index contributed by atoms with van der Waals surface area (Å²) in [6.07, 6.45) is 3.95. The van der Waals surface area contributed by atoms with Crippen LogP contribution in [0.25, 0.3) is 0 Å². The molecule has 0 saturated heterocycles. The minimum absolute atomic E-state index is 0.377. The van der Waals surface area contributed by atoms with Gasteiger partial charge in [0.25, 0.3) is 0 Å². The van der Waals surface area contributed by atoms with E-state index in [-0.39, 0.29) is 0 Å². The van der Waals surface area contributed by atoms with Crippen LogP contribution in [0.4, 0.5) is 0 Å². The fraction of sp³-hybridized carbons (Fsp3) is 0.500. The van der Waals surface area contributed by atoms with E-state index in [1.54, 1.807) is 7.11 Å². The topological polar surface area (TPSA) is 30.5 Å². The van der Waals surface area contributed by atoms with Gasteiger partial charge in [-0.1, -0.05) is 11.6 Å². The quantitative estimate of drug-likeness (QED) is 0.804. The molecule has 1 aromatic carbocycles. The summed E-state index contributed by atoms with van der Waals surface area (Å²) in [6.45, 7) is 0.596. The third kappa shape index (κ3) is 2.88. The van der Waals surface area contributed by atoms with Crippen LogP contribution in [0.15, 0.2) is 18.2 Å². The molecule has 0 aromatic heterocycles. The lowest BCUT2D eigenvalue weighted by Gasteiger charge is -2.27. The number of ether oxygens (including phenoxy) is 1. The Morgan fingerprint density at radius 2 is 2.25 bits per heavy atom. The number of halogens is 1. The van der Waals surface area contributed by atoms with Crippen LogP contribution < -0.4 is 10.2 Å². The zero-order valence-electron chi connectivity index (χ0n) is 9.33. The van der Waals surface area contributed by atoms with E-state index in [2.05, 4.69) is 5.48 Å². The number of benzene rings is 1. The molecule has 0 atom stereocenters. The monoisotopic (exact) mass is 241 g/mol. The van der Waals surface area contributed by atoms with Gasteiger partial charge in [-0.05, 0) is 37.5 Å². The van der Waals surface area contributed by atoms with Gasteiger partial charge in [0.2, 0.25) is 0 Å². The number of hydroxylamine groups is 1. The molecule has 16 heavy (non-hydrogen) atoms. The molecule has 3 nitrogen and oxygen atoms in total. The summed E-state index contributed by atoms with van der Waals surface area (Å²) in [4.78, 5) is 4.84. The van der Waals surface area contributed by atoms with Crippen LogP contribution in [-0.2, 0) is 11.4 Å². The van der Waals surface area contributed by atoms with Gasteiger partial charge in [0.05, 0.1) is 13.2 Å². The predicted octanol–water partition coefficient (Wildman–Crippen LogP) is 2.92. The molecule has 0 spiro atoms. The lowest BCUT2D eigenvalue weighted by molar-refractivity contribution is 0.0829. The van der Waals surface area contributed by atoms with Crippen molar-refractivity contribution in [2.75, 3.05) is 7.11 Å². The van der Waals surface area contributed by atoms with Crippen molar-refractivity contribution in [3.05, 3.63) is 28.8 Å². The molecule has 1 N–H and O–H groups in total. The number of nitrogens with one attached hydrogen (secondary N) is 1. The zero-order valence-corrected chi connectivity index (χ0v) is 10.1. The van der Waals surface area contributed by atoms with Gasteiger partial charge in [0.15, 0.2) is 0 Å². The van der Waals surface area contributed by atoms with E-state index in [0.717, 1.165) is 24.2 Å². The van der Waals surface area contributed by atoms with Gasteiger partial charge in [-0.15, -0.1) is 0 Å². The predicted molar refractivity (Wildman–Crippen MR) is 63.6 cm³/mol. The van der Waals surface area contributed by atoms with Crippen molar-refractivity contribution in [1.29, 1.82) is 0 Å². The molecule has 1 fully saturated rings. The van der Waals surface area contributed by atoms with Gasteiger partial charge < -0.3 is 9.57 Å². The third-order valence-electron chi connectivity index (χ3n) is 2.78. The average Bonchev–Trinajstić information content (AvgIpc) is 2.22. The lowest BCUT2D eigenvalue weighted by atomic mass is 9.96. The Kier molecular flexibility index (Phi) is 4.04. The molecule has 0 bridgehead atoms. The van der Waals surface area contributed by atoms with Crippen molar-refractivity contribution >= 4 is 11.6 Å². The highest BCUT2D eigenvalue weighted by atomic mass is 35.5. The smallest absolute Gasteiger partial charge is 0.124 e. The van der Waals surface area contributed by atoms with Crippen molar-refractivity contribution in [1.82, 2.24) is 5.48 Å². The Labute approximate surface area is 101 Å². The van der Waals surface area contributed by atoms with Gasteiger partial charge in [-0.2, -0.15) is 5.48 Å². The Hall–Kier alpha value is -0.770. The number of hydrogen-bond donors (Lipinski definition) is 1. The maximum absolute atomic E-state index is 5.96. The second-order valence-corrected chi connectivity index (χ2v) is 4.38. The van der Waals surface area contributed by atoms with Crippen molar-refractivity contribution in [3.8, 4) is 5.75 Å². The van der Waals surface area contributed by atoms with Crippen molar-refractivity contribution in [2.45, 2.75) is 31.9 Å². The molecular formula is C12H16ClNO2. The summed E-state index contributed by atoms with van der Waals surface area (Å²) in [5.41, 5.74) is 3.83. The largest absolute Gasteiger partial charge is 0.490 e. The van der Waals surface area contributed by atoms with Crippen LogP contribution in [0, 0.1) is 0 Å². The molecule has 0 radical (unpaired) electrons. The van der Waals surface area contributed by atoms with Gasteiger partial charge in [-0.3, -0.25) is 0 Å². The van der Waals surface area contributed by atoms with Gasteiger partial charge in [0.1, 0.15) is 5.75 Å². The minimum atomic E-state index is 0.377. The fourth-order valence-corrected chi connectivity index (χ4v) is 1.81. The van der Waals surface area contributed by atoms with Crippen molar-refractivity contribution < 1.29 is 9.57 Å². The Morgan fingerprint density at radius 1 is 1.44 bits per heavy atom. The molecule has 0 aliphatic heterocycles. The molecule has 1 aliphatic carbocycles. The first-order valence-corrected chi connectivity index (χ1v) is 5.88. The second-order valence-electron chi connectivity index (χ2n) is 3.95. The Balaban J connectivity index is 2.07. The minimum Gasteiger partial charge on any atom is -0.490 e. The SMILES string of the molecule is CONCc1cc(Cl)ccc1OC1CCC1. The molecule has 0 unspecified atom stereocenters. The number of rotatable bonds is 5. The molecule has 2 rings (SSSR count). The van der Waals surface area contributed by atoms with Gasteiger partial charge in [0, 0.05) is 17.1 Å². The summed E-state index contributed by atoms with van der Waals surface area (Å²) < 4.78 is 5.88. The van der Waals surface area contributed by atoms with Crippen LogP contribution in [0.1, 0.15) is 24.8 Å². The van der Waals surface area contributed by atoms with E-state index in [9.17, 15) is 0 Å². The standard InChI is InChI=1S/C12H16ClNO2/c1-15-14-8-9-7-10(13)5-6-12(9)16-11-3-2-4-11/h5-7,11,14H,2-4,8H2,1H3. The highest BCUT2D eigenvalue weighted by molar-refractivity contribution is 6.30. The first kappa shape index (κ1) is 11.7. The first-order chi connectivity index (χ1) is 7.79. The van der Waals surface area contributed by atoms with Crippen molar-refractivity contribution in [3.63, 3.8) is 0 Å². The summed E-state index contributed by atoms with van der Waals surface area (Å²) in [5, 5.41) is 0.717. The normalized spacial score (nSPS) is 15.9. The first-order valence-electron chi connectivity index (χ1n) is 5.50. The van der Waals surface area contributed by atoms with E-state index in [1.807, 2.05) is 18.2 Å². The molecular weight excluding hydrogens is 226 g/mol. The van der Waals surface area contributed by atoms with Crippen molar-refractivity contribution in [2.24, 2.45) is 0 Å². The van der Waals surface area contributed by atoms with Crippen LogP contribution in [-0.4, -0.2) is 13.2 Å². The van der Waals surface area contributed by atoms with E-state index in [0.29, 0.717) is 17.7 Å². The lowest BCUT2D eigenvalue weighted by Crippen LogP contribution is -2.25. The number of hydrogen-bond acceptors (Lipinski definition) is 3. The van der Waals surface area contributed by atoms with E-state index in [1.165, 1.54) is 6.42 Å². The molecule has 1 aromatic rings. The summed E-state index contributed by atoms with van der Waals surface area (Å²) in [5.74, 6) is 0.902. The fourth-order valence-electron chi connectivity index (χ4n) is 1.62. The molecule has 88 valence electrons. The summed E-state index contributed by atoms with van der Waals surface area (Å²) in [6, 6.07) is 5.68. The summed E-state index contributed by atoms with van der Waals surface area (Å²) >= 11 is 5.96. The van der Waals surface area contributed by atoms with Crippen LogP contribution in [0.3, 0.4) is 0 Å². The van der Waals surface area contributed by atoms with Gasteiger partial charge >= 0.3 is 0 Å². The molecule has 1 aliphatic rings. The highest BCUT2D eigenvalue weighted by Crippen LogP contribution is 2.29. The molecule has 0 amide bonds. The average molecular weight is 242 g/mol. The zero-order chi connectivity index (χ0) is 11.4. The van der Waals surface area contributed by atoms with Crippen LogP contribution in [0.2, 0.25) is 5.02 Å². The van der Waals surface area contributed by atoms with Crippen LogP contribution >= 0.6 is 11.6 Å². The third-order valence-corrected chi connectivity index (χ3v) is 3.01. The van der Waals surface area contributed by atoms with E-state index in [4.69, 9.17) is 21.2 Å². The maximum Gasteiger partial charge on any atom is 0.124 e. The van der Waals surface area contributed by atoms with Gasteiger partial charge in [-0.25, -0.2) is 0 Å².